The lowest BCUT2D eigenvalue weighted by molar-refractivity contribution is 0.0659. The molecule has 1 N–H and O–H groups in total. The van der Waals surface area contributed by atoms with E-state index >= 15 is 0 Å². The highest BCUT2D eigenvalue weighted by atomic mass is 32.1. The zero-order valence-corrected chi connectivity index (χ0v) is 17.0. The van der Waals surface area contributed by atoms with Crippen molar-refractivity contribution in [3.8, 4) is 11.4 Å². The largest absolute Gasteiger partial charge is 0.438 e. The minimum atomic E-state index is -0.401. The molecule has 1 amide bonds. The molecule has 0 saturated carbocycles. The lowest BCUT2D eigenvalue weighted by Gasteiger charge is -2.33. The second-order valence-electron chi connectivity index (χ2n) is 7.18. The van der Waals surface area contributed by atoms with Gasteiger partial charge in [-0.1, -0.05) is 18.2 Å². The Balaban J connectivity index is 1.45. The van der Waals surface area contributed by atoms with Crippen LogP contribution in [-0.4, -0.2) is 42.3 Å². The van der Waals surface area contributed by atoms with Crippen molar-refractivity contribution in [1.29, 1.82) is 0 Å². The first kappa shape index (κ1) is 18.0. The highest BCUT2D eigenvalue weighted by molar-refractivity contribution is 7.18. The van der Waals surface area contributed by atoms with Crippen LogP contribution in [-0.2, 0) is 6.42 Å². The Hall–Kier alpha value is -3.85. The van der Waals surface area contributed by atoms with Gasteiger partial charge in [0.25, 0.3) is 5.91 Å². The SMILES string of the molecule is O=C(c1ocnc1-c1ccccn1)N1CCc2[nH]cnc2[C@H]1c1nc2ccccc2s1. The van der Waals surface area contributed by atoms with Crippen molar-refractivity contribution < 1.29 is 9.21 Å². The number of benzene rings is 1. The number of pyridine rings is 1. The van der Waals surface area contributed by atoms with Crippen LogP contribution in [0.5, 0.6) is 0 Å². The summed E-state index contributed by atoms with van der Waals surface area (Å²) in [5.74, 6) is -0.0835. The number of nitrogens with zero attached hydrogens (tertiary/aromatic N) is 5. The Kier molecular flexibility index (Phi) is 4.13. The molecule has 0 bridgehead atoms. The molecule has 0 aliphatic carbocycles. The van der Waals surface area contributed by atoms with Gasteiger partial charge in [-0.05, 0) is 24.3 Å². The number of hydrogen-bond acceptors (Lipinski definition) is 7. The van der Waals surface area contributed by atoms with Gasteiger partial charge in [0.05, 0.1) is 27.9 Å². The summed E-state index contributed by atoms with van der Waals surface area (Å²) in [5.41, 5.74) is 3.77. The van der Waals surface area contributed by atoms with Gasteiger partial charge in [0, 0.05) is 24.9 Å². The normalized spacial score (nSPS) is 15.9. The summed E-state index contributed by atoms with van der Waals surface area (Å²) in [7, 11) is 0. The molecule has 5 heterocycles. The standard InChI is InChI=1S/C22H16N6O2S/c29-22(20-18(26-12-30-20)14-6-3-4-9-23-14)28-10-8-15-17(25-11-24-15)19(28)21-27-13-5-1-2-7-16(13)31-21/h1-7,9,11-12,19H,8,10H2,(H,24,25)/t19-/m0/s1. The number of carbonyl (C=O) groups excluding carboxylic acids is 1. The molecule has 0 saturated heterocycles. The number of amides is 1. The van der Waals surface area contributed by atoms with Crippen LogP contribution in [0.4, 0.5) is 0 Å². The molecule has 0 fully saturated rings. The number of aromatic amines is 1. The number of para-hydroxylation sites is 1. The smallest absolute Gasteiger partial charge is 0.292 e. The van der Waals surface area contributed by atoms with E-state index < -0.39 is 6.04 Å². The molecule has 152 valence electrons. The van der Waals surface area contributed by atoms with E-state index in [1.807, 2.05) is 42.5 Å². The van der Waals surface area contributed by atoms with Crippen molar-refractivity contribution in [2.75, 3.05) is 6.54 Å². The Labute approximate surface area is 180 Å². The summed E-state index contributed by atoms with van der Waals surface area (Å²) in [6.07, 6.45) is 5.30. The Bertz CT molecular complexity index is 1360. The number of aromatic nitrogens is 5. The fourth-order valence-corrected chi connectivity index (χ4v) is 5.05. The molecule has 4 aromatic heterocycles. The first-order valence-corrected chi connectivity index (χ1v) is 10.6. The fraction of sp³-hybridized carbons (Fsp3) is 0.136. The van der Waals surface area contributed by atoms with Gasteiger partial charge in [-0.15, -0.1) is 11.3 Å². The minimum Gasteiger partial charge on any atom is -0.438 e. The lowest BCUT2D eigenvalue weighted by atomic mass is 10.0. The molecule has 31 heavy (non-hydrogen) atoms. The topological polar surface area (TPSA) is 101 Å². The fourth-order valence-electron chi connectivity index (χ4n) is 3.97. The second kappa shape index (κ2) is 7.13. The molecule has 8 nitrogen and oxygen atoms in total. The molecule has 1 aromatic carbocycles. The van der Waals surface area contributed by atoms with Crippen LogP contribution in [0.1, 0.15) is 33.0 Å². The molecule has 0 radical (unpaired) electrons. The number of nitrogens with one attached hydrogen (secondary N) is 1. The van der Waals surface area contributed by atoms with E-state index in [-0.39, 0.29) is 11.7 Å². The van der Waals surface area contributed by atoms with Gasteiger partial charge in [-0.2, -0.15) is 0 Å². The van der Waals surface area contributed by atoms with Gasteiger partial charge >= 0.3 is 0 Å². The van der Waals surface area contributed by atoms with Gasteiger partial charge in [0.1, 0.15) is 16.7 Å². The molecule has 1 aliphatic rings. The first-order chi connectivity index (χ1) is 15.3. The van der Waals surface area contributed by atoms with Crippen LogP contribution in [0.15, 0.2) is 65.8 Å². The number of hydrogen-bond donors (Lipinski definition) is 1. The molecule has 6 rings (SSSR count). The summed E-state index contributed by atoms with van der Waals surface area (Å²) >= 11 is 1.57. The summed E-state index contributed by atoms with van der Waals surface area (Å²) < 4.78 is 6.63. The average Bonchev–Trinajstić information content (AvgIpc) is 3.57. The number of imidazole rings is 1. The van der Waals surface area contributed by atoms with Gasteiger partial charge in [0.15, 0.2) is 6.39 Å². The van der Waals surface area contributed by atoms with Crippen molar-refractivity contribution in [2.24, 2.45) is 0 Å². The summed E-state index contributed by atoms with van der Waals surface area (Å²) in [6, 6.07) is 13.0. The van der Waals surface area contributed by atoms with Crippen molar-refractivity contribution in [3.05, 3.63) is 83.5 Å². The van der Waals surface area contributed by atoms with Gasteiger partial charge in [-0.25, -0.2) is 15.0 Å². The van der Waals surface area contributed by atoms with E-state index in [4.69, 9.17) is 9.40 Å². The Morgan fingerprint density at radius 2 is 2.03 bits per heavy atom. The maximum Gasteiger partial charge on any atom is 0.292 e. The highest BCUT2D eigenvalue weighted by Crippen LogP contribution is 2.38. The number of carbonyl (C=O) groups is 1. The van der Waals surface area contributed by atoms with Crippen molar-refractivity contribution >= 4 is 27.5 Å². The monoisotopic (exact) mass is 428 g/mol. The van der Waals surface area contributed by atoms with Crippen LogP contribution >= 0.6 is 11.3 Å². The van der Waals surface area contributed by atoms with Gasteiger partial charge in [-0.3, -0.25) is 9.78 Å². The van der Waals surface area contributed by atoms with Crippen molar-refractivity contribution in [1.82, 2.24) is 29.8 Å². The highest BCUT2D eigenvalue weighted by Gasteiger charge is 2.38. The number of oxazole rings is 1. The zero-order chi connectivity index (χ0) is 20.8. The quantitative estimate of drug-likeness (QED) is 0.468. The third-order valence-electron chi connectivity index (χ3n) is 5.40. The summed E-state index contributed by atoms with van der Waals surface area (Å²) in [6.45, 7) is 0.511. The van der Waals surface area contributed by atoms with Crippen LogP contribution in [0.25, 0.3) is 21.6 Å². The van der Waals surface area contributed by atoms with Gasteiger partial charge < -0.3 is 14.3 Å². The van der Waals surface area contributed by atoms with Crippen LogP contribution < -0.4 is 0 Å². The zero-order valence-electron chi connectivity index (χ0n) is 16.2. The maximum atomic E-state index is 13.7. The van der Waals surface area contributed by atoms with Gasteiger partial charge in [0.2, 0.25) is 5.76 Å². The van der Waals surface area contributed by atoms with E-state index in [1.165, 1.54) is 6.39 Å². The lowest BCUT2D eigenvalue weighted by Crippen LogP contribution is -2.40. The van der Waals surface area contributed by atoms with E-state index in [9.17, 15) is 4.79 Å². The molecular weight excluding hydrogens is 412 g/mol. The molecule has 9 heteroatoms. The first-order valence-electron chi connectivity index (χ1n) is 9.83. The Morgan fingerprint density at radius 1 is 1.13 bits per heavy atom. The molecule has 0 spiro atoms. The van der Waals surface area contributed by atoms with E-state index in [0.29, 0.717) is 24.4 Å². The summed E-state index contributed by atoms with van der Waals surface area (Å²) in [5, 5.41) is 0.821. The van der Waals surface area contributed by atoms with Crippen molar-refractivity contribution in [3.63, 3.8) is 0 Å². The number of rotatable bonds is 3. The number of thiazole rings is 1. The molecular formula is C22H16N6O2S. The Morgan fingerprint density at radius 3 is 2.90 bits per heavy atom. The summed E-state index contributed by atoms with van der Waals surface area (Å²) in [4.78, 5) is 36.6. The van der Waals surface area contributed by atoms with E-state index in [1.54, 1.807) is 28.8 Å². The van der Waals surface area contributed by atoms with Crippen LogP contribution in [0.2, 0.25) is 0 Å². The number of H-pyrrole nitrogens is 1. The number of fused-ring (bicyclic) bond motifs is 2. The predicted molar refractivity (Wildman–Crippen MR) is 115 cm³/mol. The molecule has 1 aliphatic heterocycles. The van der Waals surface area contributed by atoms with Crippen LogP contribution in [0.3, 0.4) is 0 Å². The predicted octanol–water partition coefficient (Wildman–Crippen LogP) is 3.86. The average molecular weight is 428 g/mol. The third-order valence-corrected chi connectivity index (χ3v) is 6.49. The van der Waals surface area contributed by atoms with E-state index in [2.05, 4.69) is 19.9 Å². The van der Waals surface area contributed by atoms with E-state index in [0.717, 1.165) is 26.6 Å². The maximum absolute atomic E-state index is 13.7. The second-order valence-corrected chi connectivity index (χ2v) is 8.24. The van der Waals surface area contributed by atoms with Crippen LogP contribution in [0, 0.1) is 0 Å². The molecule has 1 atom stereocenters. The molecule has 0 unspecified atom stereocenters. The minimum absolute atomic E-state index is 0.170. The molecule has 5 aromatic rings. The van der Waals surface area contributed by atoms with Crippen molar-refractivity contribution in [2.45, 2.75) is 12.5 Å². The third kappa shape index (κ3) is 2.93.